The highest BCUT2D eigenvalue weighted by molar-refractivity contribution is 5.77. The summed E-state index contributed by atoms with van der Waals surface area (Å²) in [5, 5.41) is 5.66. The minimum Gasteiger partial charge on any atom is -0.468 e. The summed E-state index contributed by atoms with van der Waals surface area (Å²) >= 11 is 0. The van der Waals surface area contributed by atoms with Crippen molar-refractivity contribution < 1.29 is 9.21 Å². The fourth-order valence-electron chi connectivity index (χ4n) is 1.45. The van der Waals surface area contributed by atoms with Gasteiger partial charge in [0.1, 0.15) is 5.76 Å². The Hall–Kier alpha value is -1.33. The molecule has 0 fully saturated rings. The third-order valence-electron chi connectivity index (χ3n) is 2.32. The quantitative estimate of drug-likeness (QED) is 0.727. The zero-order chi connectivity index (χ0) is 12.0. The van der Waals surface area contributed by atoms with Crippen LogP contribution in [0.1, 0.15) is 11.8 Å². The second-order valence-corrected chi connectivity index (χ2v) is 3.83. The SMILES string of the molecule is CNCC(=O)NCC(c1ccco1)N(C)C. The zero-order valence-corrected chi connectivity index (χ0v) is 9.99. The van der Waals surface area contributed by atoms with Gasteiger partial charge in [-0.2, -0.15) is 0 Å². The highest BCUT2D eigenvalue weighted by Gasteiger charge is 2.17. The van der Waals surface area contributed by atoms with Crippen molar-refractivity contribution in [2.24, 2.45) is 0 Å². The number of hydrogen-bond acceptors (Lipinski definition) is 4. The molecule has 1 aromatic rings. The Labute approximate surface area is 95.8 Å². The van der Waals surface area contributed by atoms with E-state index < -0.39 is 0 Å². The zero-order valence-electron chi connectivity index (χ0n) is 9.99. The van der Waals surface area contributed by atoms with E-state index in [-0.39, 0.29) is 11.9 Å². The Bertz CT molecular complexity index is 309. The molecule has 0 saturated carbocycles. The summed E-state index contributed by atoms with van der Waals surface area (Å²) in [5.74, 6) is 0.843. The van der Waals surface area contributed by atoms with Crippen molar-refractivity contribution in [1.29, 1.82) is 0 Å². The first-order valence-electron chi connectivity index (χ1n) is 5.26. The minimum absolute atomic E-state index is 0.0130. The molecule has 1 amide bonds. The molecule has 0 aliphatic heterocycles. The van der Waals surface area contributed by atoms with Crippen LogP contribution in [-0.2, 0) is 4.79 Å². The summed E-state index contributed by atoms with van der Waals surface area (Å²) in [4.78, 5) is 13.3. The number of likely N-dealkylation sites (N-methyl/N-ethyl adjacent to an activating group) is 2. The Balaban J connectivity index is 2.50. The van der Waals surface area contributed by atoms with Gasteiger partial charge in [0.15, 0.2) is 0 Å². The maximum atomic E-state index is 11.3. The Morgan fingerprint density at radius 1 is 1.56 bits per heavy atom. The van der Waals surface area contributed by atoms with E-state index in [0.29, 0.717) is 13.1 Å². The van der Waals surface area contributed by atoms with Crippen molar-refractivity contribution in [2.75, 3.05) is 34.2 Å². The van der Waals surface area contributed by atoms with E-state index >= 15 is 0 Å². The predicted octanol–water partition coefficient (Wildman–Crippen LogP) is 0.218. The van der Waals surface area contributed by atoms with Crippen LogP contribution in [0.25, 0.3) is 0 Å². The minimum atomic E-state index is -0.0130. The van der Waals surface area contributed by atoms with Crippen LogP contribution in [0.15, 0.2) is 22.8 Å². The second kappa shape index (κ2) is 6.30. The van der Waals surface area contributed by atoms with Crippen LogP contribution in [0.2, 0.25) is 0 Å². The lowest BCUT2D eigenvalue weighted by molar-refractivity contribution is -0.120. The average molecular weight is 225 g/mol. The van der Waals surface area contributed by atoms with Crippen LogP contribution in [-0.4, -0.2) is 45.0 Å². The van der Waals surface area contributed by atoms with Crippen LogP contribution < -0.4 is 10.6 Å². The highest BCUT2D eigenvalue weighted by Crippen LogP contribution is 2.17. The summed E-state index contributed by atoms with van der Waals surface area (Å²) in [5.41, 5.74) is 0. The summed E-state index contributed by atoms with van der Waals surface area (Å²) in [6, 6.07) is 3.83. The van der Waals surface area contributed by atoms with Crippen molar-refractivity contribution >= 4 is 5.91 Å². The highest BCUT2D eigenvalue weighted by atomic mass is 16.3. The van der Waals surface area contributed by atoms with Gasteiger partial charge in [-0.05, 0) is 33.3 Å². The number of carbonyl (C=O) groups is 1. The van der Waals surface area contributed by atoms with Gasteiger partial charge in [0.2, 0.25) is 5.91 Å². The number of amides is 1. The van der Waals surface area contributed by atoms with E-state index in [1.165, 1.54) is 0 Å². The van der Waals surface area contributed by atoms with Gasteiger partial charge in [0, 0.05) is 6.54 Å². The number of furan rings is 1. The monoisotopic (exact) mass is 225 g/mol. The molecule has 5 heteroatoms. The fourth-order valence-corrected chi connectivity index (χ4v) is 1.45. The number of rotatable bonds is 6. The maximum absolute atomic E-state index is 11.3. The molecule has 0 radical (unpaired) electrons. The smallest absolute Gasteiger partial charge is 0.234 e. The summed E-state index contributed by atoms with van der Waals surface area (Å²) in [6.45, 7) is 0.874. The van der Waals surface area contributed by atoms with Crippen molar-refractivity contribution in [3.63, 3.8) is 0 Å². The van der Waals surface area contributed by atoms with E-state index in [1.54, 1.807) is 13.3 Å². The molecule has 16 heavy (non-hydrogen) atoms. The molecule has 5 nitrogen and oxygen atoms in total. The first-order chi connectivity index (χ1) is 7.65. The summed E-state index contributed by atoms with van der Waals surface area (Å²) < 4.78 is 5.34. The van der Waals surface area contributed by atoms with E-state index in [9.17, 15) is 4.79 Å². The molecule has 1 rings (SSSR count). The Kier molecular flexibility index (Phi) is 5.01. The van der Waals surface area contributed by atoms with Gasteiger partial charge in [0.05, 0.1) is 18.8 Å². The maximum Gasteiger partial charge on any atom is 0.234 e. The fraction of sp³-hybridized carbons (Fsp3) is 0.545. The molecule has 0 aromatic carbocycles. The molecule has 0 aliphatic carbocycles. The molecule has 2 N–H and O–H groups in total. The lowest BCUT2D eigenvalue weighted by Crippen LogP contribution is -2.38. The van der Waals surface area contributed by atoms with Crippen LogP contribution >= 0.6 is 0 Å². The largest absolute Gasteiger partial charge is 0.468 e. The van der Waals surface area contributed by atoms with Gasteiger partial charge in [0.25, 0.3) is 0 Å². The van der Waals surface area contributed by atoms with E-state index in [4.69, 9.17) is 4.42 Å². The van der Waals surface area contributed by atoms with Crippen molar-refractivity contribution in [1.82, 2.24) is 15.5 Å². The van der Waals surface area contributed by atoms with Crippen LogP contribution in [0.5, 0.6) is 0 Å². The second-order valence-electron chi connectivity index (χ2n) is 3.83. The van der Waals surface area contributed by atoms with Gasteiger partial charge >= 0.3 is 0 Å². The van der Waals surface area contributed by atoms with Crippen LogP contribution in [0.3, 0.4) is 0 Å². The molecule has 0 aliphatic rings. The third kappa shape index (κ3) is 3.67. The average Bonchev–Trinajstić information content (AvgIpc) is 2.71. The Morgan fingerprint density at radius 3 is 2.81 bits per heavy atom. The van der Waals surface area contributed by atoms with Crippen LogP contribution in [0.4, 0.5) is 0 Å². The standard InChI is InChI=1S/C11H19N3O2/c1-12-8-11(15)13-7-9(14(2)3)10-5-4-6-16-10/h4-6,9,12H,7-8H2,1-3H3,(H,13,15). The number of nitrogens with one attached hydrogen (secondary N) is 2. The molecule has 1 heterocycles. The van der Waals surface area contributed by atoms with Gasteiger partial charge in [-0.3, -0.25) is 9.69 Å². The molecular weight excluding hydrogens is 206 g/mol. The first kappa shape index (κ1) is 12.7. The number of hydrogen-bond donors (Lipinski definition) is 2. The predicted molar refractivity (Wildman–Crippen MR) is 62.1 cm³/mol. The van der Waals surface area contributed by atoms with E-state index in [0.717, 1.165) is 5.76 Å². The van der Waals surface area contributed by atoms with E-state index in [1.807, 2.05) is 31.1 Å². The van der Waals surface area contributed by atoms with Crippen LogP contribution in [0, 0.1) is 0 Å². The molecular formula is C11H19N3O2. The number of carbonyl (C=O) groups excluding carboxylic acids is 1. The van der Waals surface area contributed by atoms with Crippen molar-refractivity contribution in [3.8, 4) is 0 Å². The molecule has 0 bridgehead atoms. The lowest BCUT2D eigenvalue weighted by atomic mass is 10.2. The van der Waals surface area contributed by atoms with Crippen molar-refractivity contribution in [3.05, 3.63) is 24.2 Å². The van der Waals surface area contributed by atoms with Crippen molar-refractivity contribution in [2.45, 2.75) is 6.04 Å². The molecule has 90 valence electrons. The first-order valence-corrected chi connectivity index (χ1v) is 5.26. The Morgan fingerprint density at radius 2 is 2.31 bits per heavy atom. The topological polar surface area (TPSA) is 57.5 Å². The third-order valence-corrected chi connectivity index (χ3v) is 2.32. The lowest BCUT2D eigenvalue weighted by Gasteiger charge is -2.22. The molecule has 0 saturated heterocycles. The summed E-state index contributed by atoms with van der Waals surface area (Å²) in [7, 11) is 5.66. The molecule has 1 atom stereocenters. The van der Waals surface area contributed by atoms with Gasteiger partial charge in [-0.25, -0.2) is 0 Å². The van der Waals surface area contributed by atoms with Gasteiger partial charge in [-0.15, -0.1) is 0 Å². The molecule has 1 aromatic heterocycles. The molecule has 1 unspecified atom stereocenters. The number of nitrogens with zero attached hydrogens (tertiary/aromatic N) is 1. The van der Waals surface area contributed by atoms with Gasteiger partial charge in [-0.1, -0.05) is 0 Å². The summed E-state index contributed by atoms with van der Waals surface area (Å²) in [6.07, 6.45) is 1.64. The molecule has 0 spiro atoms. The normalized spacial score (nSPS) is 12.8. The van der Waals surface area contributed by atoms with Gasteiger partial charge < -0.3 is 15.1 Å². The van der Waals surface area contributed by atoms with E-state index in [2.05, 4.69) is 10.6 Å².